The van der Waals surface area contributed by atoms with Crippen LogP contribution in [0.5, 0.6) is 0 Å². The zero-order chi connectivity index (χ0) is 28.6. The minimum Gasteiger partial charge on any atom is -0.493 e. The van der Waals surface area contributed by atoms with Crippen LogP contribution in [0.4, 0.5) is 0 Å². The van der Waals surface area contributed by atoms with Gasteiger partial charge in [-0.3, -0.25) is 0 Å². The van der Waals surface area contributed by atoms with Crippen LogP contribution in [-0.2, 0) is 12.8 Å². The highest BCUT2D eigenvalue weighted by molar-refractivity contribution is 5.82. The normalized spacial score (nSPS) is 13.7. The summed E-state index contributed by atoms with van der Waals surface area (Å²) in [6, 6.07) is 18.1. The molecule has 0 saturated carbocycles. The van der Waals surface area contributed by atoms with Gasteiger partial charge in [0.1, 0.15) is 0 Å². The highest BCUT2D eigenvalue weighted by Crippen LogP contribution is 2.44. The lowest BCUT2D eigenvalue weighted by molar-refractivity contribution is -0.345. The third-order valence-corrected chi connectivity index (χ3v) is 8.49. The first-order valence-corrected chi connectivity index (χ1v) is 16.8. The van der Waals surface area contributed by atoms with E-state index in [9.17, 15) is 5.53 Å². The Balaban J connectivity index is 1.94. The largest absolute Gasteiger partial charge is 0.493 e. The fraction of sp³-hybridized carbons (Fsp3) is 0.579. The number of nitrogens with zero attached hydrogens (tertiary/aromatic N) is 2. The van der Waals surface area contributed by atoms with Crippen LogP contribution in [0.25, 0.3) is 16.9 Å². The molecule has 0 unspecified atom stereocenters. The minimum absolute atomic E-state index is 1.01. The molecule has 40 heavy (non-hydrogen) atoms. The van der Waals surface area contributed by atoms with Crippen molar-refractivity contribution in [1.29, 1.82) is 0 Å². The van der Waals surface area contributed by atoms with E-state index < -0.39 is 0 Å². The van der Waals surface area contributed by atoms with Gasteiger partial charge in [-0.1, -0.05) is 116 Å². The molecule has 3 rings (SSSR count). The average molecular weight is 541 g/mol. The van der Waals surface area contributed by atoms with Crippen molar-refractivity contribution >= 4 is 11.4 Å². The number of hydrogen-bond acceptors (Lipinski definition) is 0. The number of aryl methyl sites for hydroxylation is 2. The number of allylic oxidation sites excluding steroid dienone is 2. The summed E-state index contributed by atoms with van der Waals surface area (Å²) in [5.41, 5.74) is 21.8. The van der Waals surface area contributed by atoms with Crippen LogP contribution in [0.15, 0.2) is 59.7 Å². The lowest BCUT2D eigenvalue weighted by atomic mass is 9.91. The molecule has 2 aromatic carbocycles. The second kappa shape index (κ2) is 18.1. The van der Waals surface area contributed by atoms with E-state index in [1.54, 1.807) is 4.70 Å². The zero-order valence-electron chi connectivity index (χ0n) is 26.2. The van der Waals surface area contributed by atoms with Gasteiger partial charge in [0.25, 0.3) is 0 Å². The van der Waals surface area contributed by atoms with Gasteiger partial charge in [-0.25, -0.2) is 4.70 Å². The second-order valence-electron chi connectivity index (χ2n) is 11.9. The van der Waals surface area contributed by atoms with Crippen molar-refractivity contribution in [2.75, 3.05) is 0 Å². The molecule has 2 nitrogen and oxygen atoms in total. The van der Waals surface area contributed by atoms with Gasteiger partial charge in [-0.15, -0.1) is 0 Å². The van der Waals surface area contributed by atoms with Crippen LogP contribution in [0.3, 0.4) is 0 Å². The van der Waals surface area contributed by atoms with E-state index in [0.717, 1.165) is 42.6 Å². The molecule has 0 radical (unpaired) electrons. The molecule has 0 aliphatic carbocycles. The summed E-state index contributed by atoms with van der Waals surface area (Å²) >= 11 is 0. The fourth-order valence-electron chi connectivity index (χ4n) is 6.08. The van der Waals surface area contributed by atoms with E-state index in [-0.39, 0.29) is 0 Å². The molecule has 0 aromatic heterocycles. The fourth-order valence-corrected chi connectivity index (χ4v) is 6.08. The minimum atomic E-state index is 1.01. The molecular weight excluding hydrogens is 484 g/mol. The zero-order valence-corrected chi connectivity index (χ0v) is 26.2. The van der Waals surface area contributed by atoms with E-state index in [0.29, 0.717) is 0 Å². The van der Waals surface area contributed by atoms with Crippen LogP contribution < -0.4 is 0 Å². The quantitative estimate of drug-likeness (QED) is 0.118. The molecule has 0 amide bonds. The lowest BCUT2D eigenvalue weighted by Crippen LogP contribution is -2.03. The average Bonchev–Trinajstić information content (AvgIpc) is 3.25. The van der Waals surface area contributed by atoms with Gasteiger partial charge in [-0.2, -0.15) is 0 Å². The van der Waals surface area contributed by atoms with E-state index >= 15 is 0 Å². The molecule has 218 valence electrons. The standard InChI is InChI=1S/C38H56N2/c1-5-9-13-14-15-18-21-32-22-19-23-34(30-32)38-36(25-17-11-7-3)35(24-16-10-6-2)37(40(38)39)33-28-26-31(27-29-33)20-12-8-4/h19,22-23,26-30H,5-18,20-21,24-25H2,1-4H3. The van der Waals surface area contributed by atoms with Crippen LogP contribution >= 0.6 is 0 Å². The van der Waals surface area contributed by atoms with Crippen LogP contribution in [0.1, 0.15) is 153 Å². The van der Waals surface area contributed by atoms with Gasteiger partial charge < -0.3 is 5.53 Å². The third kappa shape index (κ3) is 9.28. The Morgan fingerprint density at radius 2 is 0.975 bits per heavy atom. The van der Waals surface area contributed by atoms with Crippen molar-refractivity contribution in [1.82, 2.24) is 0 Å². The Labute approximate surface area is 246 Å². The molecule has 0 bridgehead atoms. The predicted octanol–water partition coefficient (Wildman–Crippen LogP) is 12.3. The molecule has 1 aliphatic heterocycles. The monoisotopic (exact) mass is 540 g/mol. The summed E-state index contributed by atoms with van der Waals surface area (Å²) in [6.07, 6.45) is 21.8. The molecule has 0 N–H and O–H groups in total. The van der Waals surface area contributed by atoms with Crippen molar-refractivity contribution < 1.29 is 4.70 Å². The molecule has 0 fully saturated rings. The number of rotatable bonds is 20. The molecule has 2 heteroatoms. The summed E-state index contributed by atoms with van der Waals surface area (Å²) in [7, 11) is 0. The van der Waals surface area contributed by atoms with Crippen LogP contribution in [0.2, 0.25) is 0 Å². The van der Waals surface area contributed by atoms with E-state index in [4.69, 9.17) is 0 Å². The second-order valence-corrected chi connectivity index (χ2v) is 11.9. The maximum Gasteiger partial charge on any atom is 0.211 e. The van der Waals surface area contributed by atoms with Crippen LogP contribution in [0, 0.1) is 0 Å². The van der Waals surface area contributed by atoms with Crippen molar-refractivity contribution in [3.8, 4) is 0 Å². The smallest absolute Gasteiger partial charge is 0.211 e. The first-order chi connectivity index (χ1) is 19.6. The first kappa shape index (κ1) is 32.0. The van der Waals surface area contributed by atoms with Gasteiger partial charge in [0.2, 0.25) is 11.4 Å². The Bertz CT molecular complexity index is 1100. The Kier molecular flexibility index (Phi) is 14.5. The molecule has 0 spiro atoms. The topological polar surface area (TPSA) is 25.3 Å². The maximum absolute atomic E-state index is 11.9. The van der Waals surface area contributed by atoms with Crippen molar-refractivity contribution in [2.45, 2.75) is 143 Å². The summed E-state index contributed by atoms with van der Waals surface area (Å²) in [4.78, 5) is 0. The van der Waals surface area contributed by atoms with Gasteiger partial charge >= 0.3 is 0 Å². The summed E-state index contributed by atoms with van der Waals surface area (Å²) < 4.78 is 1.56. The van der Waals surface area contributed by atoms with Crippen molar-refractivity contribution in [3.05, 3.63) is 87.5 Å². The van der Waals surface area contributed by atoms with Crippen LogP contribution in [-0.4, -0.2) is 4.70 Å². The van der Waals surface area contributed by atoms with Crippen molar-refractivity contribution in [3.63, 3.8) is 0 Å². The van der Waals surface area contributed by atoms with Crippen molar-refractivity contribution in [2.24, 2.45) is 0 Å². The highest BCUT2D eigenvalue weighted by Gasteiger charge is 2.35. The third-order valence-electron chi connectivity index (χ3n) is 8.49. The van der Waals surface area contributed by atoms with E-state index in [1.165, 1.54) is 118 Å². The Morgan fingerprint density at radius 3 is 1.60 bits per heavy atom. The Morgan fingerprint density at radius 1 is 0.475 bits per heavy atom. The summed E-state index contributed by atoms with van der Waals surface area (Å²) in [6.45, 7) is 9.08. The molecule has 0 saturated heterocycles. The van der Waals surface area contributed by atoms with Gasteiger partial charge in [0, 0.05) is 22.3 Å². The van der Waals surface area contributed by atoms with Gasteiger partial charge in [0.05, 0.1) is 0 Å². The highest BCUT2D eigenvalue weighted by atomic mass is 15.2. The summed E-state index contributed by atoms with van der Waals surface area (Å²) in [5.74, 6) is 0. The molecule has 0 atom stereocenters. The van der Waals surface area contributed by atoms with E-state index in [2.05, 4.69) is 76.2 Å². The van der Waals surface area contributed by atoms with Gasteiger partial charge in [-0.05, 0) is 86.8 Å². The number of benzene rings is 2. The molecule has 1 heterocycles. The molecule has 2 aromatic rings. The first-order valence-electron chi connectivity index (χ1n) is 16.8. The SMILES string of the molecule is CCCCCCCCc1cccc(C2=C(CCCCC)C(CCCCC)=C(c3ccc(CCCC)cc3)[N+]2=[N-])c1. The lowest BCUT2D eigenvalue weighted by Gasteiger charge is -2.11. The van der Waals surface area contributed by atoms with Gasteiger partial charge in [0.15, 0.2) is 0 Å². The molecule has 1 aliphatic rings. The Hall–Kier alpha value is -2.48. The molecular formula is C38H56N2. The number of unbranched alkanes of at least 4 members (excludes halogenated alkanes) is 10. The summed E-state index contributed by atoms with van der Waals surface area (Å²) in [5, 5.41) is 0. The van der Waals surface area contributed by atoms with E-state index in [1.807, 2.05) is 0 Å². The number of hydrogen-bond donors (Lipinski definition) is 0. The maximum atomic E-state index is 11.9. The predicted molar refractivity (Wildman–Crippen MR) is 174 cm³/mol.